The molecular weight excluding hydrogens is 202 g/mol. The van der Waals surface area contributed by atoms with Crippen LogP contribution >= 0.6 is 0 Å². The number of rotatable bonds is 4. The average Bonchev–Trinajstić information content (AvgIpc) is 2.57. The molecule has 4 nitrogen and oxygen atoms in total. The van der Waals surface area contributed by atoms with E-state index < -0.39 is 0 Å². The van der Waals surface area contributed by atoms with Gasteiger partial charge in [0.2, 0.25) is 0 Å². The summed E-state index contributed by atoms with van der Waals surface area (Å²) in [5.41, 5.74) is 7.44. The van der Waals surface area contributed by atoms with Crippen LogP contribution in [-0.2, 0) is 6.54 Å². The predicted molar refractivity (Wildman–Crippen MR) is 65.5 cm³/mol. The number of methoxy groups -OCH3 is 1. The standard InChI is InChI=1S/C12H23N3O/c1-6-15-11(10(16-5)8-14-15)9(13)7-12(2,3)4/h8-9H,6-7,13H2,1-5H3. The van der Waals surface area contributed by atoms with E-state index in [0.717, 1.165) is 24.4 Å². The van der Waals surface area contributed by atoms with Crippen LogP contribution in [0.3, 0.4) is 0 Å². The summed E-state index contributed by atoms with van der Waals surface area (Å²) in [5.74, 6) is 0.790. The van der Waals surface area contributed by atoms with Crippen LogP contribution in [0.4, 0.5) is 0 Å². The summed E-state index contributed by atoms with van der Waals surface area (Å²) in [4.78, 5) is 0. The van der Waals surface area contributed by atoms with Gasteiger partial charge in [-0.15, -0.1) is 0 Å². The topological polar surface area (TPSA) is 53.1 Å². The second-order valence-electron chi connectivity index (χ2n) is 5.29. The van der Waals surface area contributed by atoms with E-state index in [1.807, 2.05) is 4.68 Å². The van der Waals surface area contributed by atoms with E-state index in [9.17, 15) is 0 Å². The first-order chi connectivity index (χ1) is 7.39. The lowest BCUT2D eigenvalue weighted by Gasteiger charge is -2.24. The van der Waals surface area contributed by atoms with Crippen LogP contribution in [0.25, 0.3) is 0 Å². The lowest BCUT2D eigenvalue weighted by Crippen LogP contribution is -2.22. The molecular formula is C12H23N3O. The highest BCUT2D eigenvalue weighted by Crippen LogP contribution is 2.32. The fraction of sp³-hybridized carbons (Fsp3) is 0.750. The third-order valence-electron chi connectivity index (χ3n) is 2.55. The van der Waals surface area contributed by atoms with Gasteiger partial charge in [0, 0.05) is 6.54 Å². The van der Waals surface area contributed by atoms with Crippen molar-refractivity contribution in [2.75, 3.05) is 7.11 Å². The monoisotopic (exact) mass is 225 g/mol. The average molecular weight is 225 g/mol. The number of ether oxygens (including phenoxy) is 1. The minimum atomic E-state index is -0.0302. The Kier molecular flexibility index (Phi) is 3.97. The van der Waals surface area contributed by atoms with Crippen LogP contribution in [0.15, 0.2) is 6.20 Å². The smallest absolute Gasteiger partial charge is 0.161 e. The minimum Gasteiger partial charge on any atom is -0.493 e. The molecule has 0 aliphatic carbocycles. The zero-order valence-corrected chi connectivity index (χ0v) is 10.9. The Bertz CT molecular complexity index is 317. The van der Waals surface area contributed by atoms with Gasteiger partial charge in [-0.25, -0.2) is 0 Å². The Morgan fingerprint density at radius 1 is 1.50 bits per heavy atom. The Labute approximate surface area is 97.8 Å². The van der Waals surface area contributed by atoms with Crippen molar-refractivity contribution in [3.63, 3.8) is 0 Å². The molecule has 1 atom stereocenters. The quantitative estimate of drug-likeness (QED) is 0.855. The maximum absolute atomic E-state index is 6.24. The predicted octanol–water partition coefficient (Wildman–Crippen LogP) is 2.35. The third kappa shape index (κ3) is 2.98. The van der Waals surface area contributed by atoms with Gasteiger partial charge in [0.25, 0.3) is 0 Å². The van der Waals surface area contributed by atoms with Gasteiger partial charge in [-0.3, -0.25) is 4.68 Å². The molecule has 0 fully saturated rings. The summed E-state index contributed by atoms with van der Waals surface area (Å²) in [7, 11) is 1.66. The maximum atomic E-state index is 6.24. The summed E-state index contributed by atoms with van der Waals surface area (Å²) >= 11 is 0. The van der Waals surface area contributed by atoms with Gasteiger partial charge in [0.05, 0.1) is 25.0 Å². The molecule has 0 spiro atoms. The van der Waals surface area contributed by atoms with Crippen molar-refractivity contribution in [2.45, 2.75) is 46.7 Å². The first-order valence-electron chi connectivity index (χ1n) is 5.74. The molecule has 0 aliphatic rings. The van der Waals surface area contributed by atoms with Gasteiger partial charge >= 0.3 is 0 Å². The molecule has 0 bridgehead atoms. The number of nitrogens with two attached hydrogens (primary N) is 1. The highest BCUT2D eigenvalue weighted by Gasteiger charge is 2.23. The van der Waals surface area contributed by atoms with Crippen LogP contribution in [-0.4, -0.2) is 16.9 Å². The van der Waals surface area contributed by atoms with Gasteiger partial charge in [-0.1, -0.05) is 20.8 Å². The summed E-state index contributed by atoms with van der Waals surface area (Å²) in [6, 6.07) is -0.0302. The Balaban J connectivity index is 2.96. The van der Waals surface area contributed by atoms with E-state index in [-0.39, 0.29) is 11.5 Å². The Hall–Kier alpha value is -1.03. The molecule has 0 amide bonds. The zero-order valence-electron chi connectivity index (χ0n) is 10.9. The molecule has 1 unspecified atom stereocenters. The van der Waals surface area contributed by atoms with Crippen LogP contribution in [0, 0.1) is 5.41 Å². The fourth-order valence-corrected chi connectivity index (χ4v) is 1.92. The molecule has 0 aliphatic heterocycles. The van der Waals surface area contributed by atoms with E-state index in [1.165, 1.54) is 0 Å². The van der Waals surface area contributed by atoms with Crippen molar-refractivity contribution in [1.29, 1.82) is 0 Å². The third-order valence-corrected chi connectivity index (χ3v) is 2.55. The summed E-state index contributed by atoms with van der Waals surface area (Å²) in [6.45, 7) is 9.43. The number of nitrogens with zero attached hydrogens (tertiary/aromatic N) is 2. The minimum absolute atomic E-state index is 0.0302. The molecule has 4 heteroatoms. The second-order valence-corrected chi connectivity index (χ2v) is 5.29. The van der Waals surface area contributed by atoms with E-state index in [2.05, 4.69) is 32.8 Å². The molecule has 16 heavy (non-hydrogen) atoms. The van der Waals surface area contributed by atoms with Gasteiger partial charge < -0.3 is 10.5 Å². The molecule has 1 aromatic heterocycles. The molecule has 2 N–H and O–H groups in total. The van der Waals surface area contributed by atoms with Crippen molar-refractivity contribution < 1.29 is 4.74 Å². The molecule has 0 saturated heterocycles. The Morgan fingerprint density at radius 2 is 2.12 bits per heavy atom. The highest BCUT2D eigenvalue weighted by atomic mass is 16.5. The molecule has 0 aromatic carbocycles. The lowest BCUT2D eigenvalue weighted by molar-refractivity contribution is 0.325. The molecule has 0 saturated carbocycles. The van der Waals surface area contributed by atoms with Crippen molar-refractivity contribution >= 4 is 0 Å². The molecule has 0 radical (unpaired) electrons. The van der Waals surface area contributed by atoms with Crippen molar-refractivity contribution in [3.05, 3.63) is 11.9 Å². The highest BCUT2D eigenvalue weighted by molar-refractivity contribution is 5.28. The molecule has 1 aromatic rings. The van der Waals surface area contributed by atoms with E-state index in [1.54, 1.807) is 13.3 Å². The lowest BCUT2D eigenvalue weighted by atomic mass is 9.87. The fourth-order valence-electron chi connectivity index (χ4n) is 1.92. The number of hydrogen-bond donors (Lipinski definition) is 1. The summed E-state index contributed by atoms with van der Waals surface area (Å²) in [6.07, 6.45) is 2.65. The van der Waals surface area contributed by atoms with Crippen LogP contribution in [0.2, 0.25) is 0 Å². The summed E-state index contributed by atoms with van der Waals surface area (Å²) < 4.78 is 7.21. The number of aryl methyl sites for hydroxylation is 1. The van der Waals surface area contributed by atoms with Crippen molar-refractivity contribution in [2.24, 2.45) is 11.1 Å². The second kappa shape index (κ2) is 4.87. The SMILES string of the molecule is CCn1ncc(OC)c1C(N)CC(C)(C)C. The largest absolute Gasteiger partial charge is 0.493 e. The normalized spacial score (nSPS) is 13.9. The van der Waals surface area contributed by atoms with Gasteiger partial charge in [0.15, 0.2) is 5.75 Å². The van der Waals surface area contributed by atoms with Gasteiger partial charge in [-0.05, 0) is 18.8 Å². The number of hydrogen-bond acceptors (Lipinski definition) is 3. The molecule has 1 heterocycles. The molecule has 92 valence electrons. The zero-order chi connectivity index (χ0) is 12.3. The van der Waals surface area contributed by atoms with Crippen molar-refractivity contribution in [1.82, 2.24) is 9.78 Å². The maximum Gasteiger partial charge on any atom is 0.161 e. The van der Waals surface area contributed by atoms with Crippen molar-refractivity contribution in [3.8, 4) is 5.75 Å². The van der Waals surface area contributed by atoms with Gasteiger partial charge in [-0.2, -0.15) is 5.10 Å². The molecule has 1 rings (SSSR count). The Morgan fingerprint density at radius 3 is 2.56 bits per heavy atom. The van der Waals surface area contributed by atoms with Crippen LogP contribution in [0.5, 0.6) is 5.75 Å². The van der Waals surface area contributed by atoms with E-state index >= 15 is 0 Å². The first kappa shape index (κ1) is 13.0. The summed E-state index contributed by atoms with van der Waals surface area (Å²) in [5, 5.41) is 4.27. The van der Waals surface area contributed by atoms with Crippen LogP contribution in [0.1, 0.15) is 45.9 Å². The van der Waals surface area contributed by atoms with E-state index in [0.29, 0.717) is 0 Å². The number of aromatic nitrogens is 2. The van der Waals surface area contributed by atoms with E-state index in [4.69, 9.17) is 10.5 Å². The van der Waals surface area contributed by atoms with Crippen LogP contribution < -0.4 is 10.5 Å². The first-order valence-corrected chi connectivity index (χ1v) is 5.74. The van der Waals surface area contributed by atoms with Gasteiger partial charge in [0.1, 0.15) is 0 Å².